The Bertz CT molecular complexity index is 2870. The monoisotopic (exact) mass is 1010 g/mol. The molecule has 0 bridgehead atoms. The Balaban J connectivity index is 0.851. The van der Waals surface area contributed by atoms with Crippen LogP contribution in [0.2, 0.25) is 0 Å². The van der Waals surface area contributed by atoms with Gasteiger partial charge < -0.3 is 9.05 Å². The highest BCUT2D eigenvalue weighted by molar-refractivity contribution is 7.33. The molecular formula is C64H75N4O5P. The lowest BCUT2D eigenvalue weighted by molar-refractivity contribution is 0.113. The highest BCUT2D eigenvalue weighted by atomic mass is 31.1. The fraction of sp³-hybridized carbons (Fsp3) is 0.344. The standard InChI is InChI=1S/C64H75N4O5P/c1-5-53(65-59(49-33-17-9-18-34-49)61(51-37-21-11-22-38-51)67(63(65)69)55-43-27-13-28-44-55)41-25-15-31-47-57(7-3)72-74(71)73-58(8-4)48-32-16-26-42-54(6-2)66-60(50-35-19-10-20-36-50)62(52-39-23-12-24-40-52)68(64(66)70)56-45-29-14-30-46-56/h9-14,17-24,27-30,33-40,43-46,53-54,57-58,74H,5-8,15-16,25-26,31-32,41-42,47-48H2,1-4H3. The molecule has 0 amide bonds. The maximum atomic E-state index is 14.8. The van der Waals surface area contributed by atoms with Crippen LogP contribution in [0.1, 0.15) is 130 Å². The highest BCUT2D eigenvalue weighted by Crippen LogP contribution is 2.40. The van der Waals surface area contributed by atoms with Crippen molar-refractivity contribution in [2.45, 2.75) is 142 Å². The zero-order valence-corrected chi connectivity index (χ0v) is 44.9. The van der Waals surface area contributed by atoms with E-state index in [1.165, 1.54) is 0 Å². The first-order valence-corrected chi connectivity index (χ1v) is 28.5. The van der Waals surface area contributed by atoms with E-state index < -0.39 is 8.25 Å². The van der Waals surface area contributed by atoms with Gasteiger partial charge in [-0.05, 0) is 75.6 Å². The van der Waals surface area contributed by atoms with E-state index in [2.05, 4.69) is 85.4 Å². The van der Waals surface area contributed by atoms with Crippen LogP contribution in [0.5, 0.6) is 0 Å². The molecule has 386 valence electrons. The van der Waals surface area contributed by atoms with Crippen molar-refractivity contribution in [2.24, 2.45) is 0 Å². The molecule has 0 saturated carbocycles. The van der Waals surface area contributed by atoms with Gasteiger partial charge in [-0.2, -0.15) is 0 Å². The fourth-order valence-corrected chi connectivity index (χ4v) is 11.9. The van der Waals surface area contributed by atoms with Crippen molar-refractivity contribution in [1.29, 1.82) is 0 Å². The molecule has 2 aromatic heterocycles. The van der Waals surface area contributed by atoms with Crippen LogP contribution in [-0.2, 0) is 13.6 Å². The molecule has 4 atom stereocenters. The Hall–Kier alpha value is -6.51. The number of benzene rings is 6. The molecule has 0 fully saturated rings. The molecular weight excluding hydrogens is 936 g/mol. The van der Waals surface area contributed by atoms with E-state index in [-0.39, 0.29) is 35.7 Å². The van der Waals surface area contributed by atoms with Crippen molar-refractivity contribution in [3.63, 3.8) is 0 Å². The number of para-hydroxylation sites is 2. The van der Waals surface area contributed by atoms with Crippen LogP contribution in [0.15, 0.2) is 192 Å². The highest BCUT2D eigenvalue weighted by Gasteiger charge is 2.29. The van der Waals surface area contributed by atoms with Crippen molar-refractivity contribution in [1.82, 2.24) is 18.3 Å². The van der Waals surface area contributed by atoms with Crippen molar-refractivity contribution < 1.29 is 13.6 Å². The van der Waals surface area contributed by atoms with Crippen LogP contribution in [-0.4, -0.2) is 30.5 Å². The number of imidazole rings is 2. The van der Waals surface area contributed by atoms with Gasteiger partial charge in [0.2, 0.25) is 0 Å². The van der Waals surface area contributed by atoms with Gasteiger partial charge in [0.1, 0.15) is 0 Å². The van der Waals surface area contributed by atoms with Gasteiger partial charge in [-0.1, -0.05) is 224 Å². The zero-order chi connectivity index (χ0) is 51.7. The summed E-state index contributed by atoms with van der Waals surface area (Å²) in [7, 11) is -2.70. The van der Waals surface area contributed by atoms with E-state index in [9.17, 15) is 14.2 Å². The molecule has 0 aliphatic heterocycles. The first-order chi connectivity index (χ1) is 36.4. The molecule has 10 heteroatoms. The van der Waals surface area contributed by atoms with Crippen molar-refractivity contribution >= 4 is 8.25 Å². The van der Waals surface area contributed by atoms with Gasteiger partial charge in [-0.15, -0.1) is 0 Å². The predicted molar refractivity (Wildman–Crippen MR) is 306 cm³/mol. The average Bonchev–Trinajstić information content (AvgIpc) is 3.93. The lowest BCUT2D eigenvalue weighted by Crippen LogP contribution is -2.27. The predicted octanol–water partition coefficient (Wildman–Crippen LogP) is 16.7. The van der Waals surface area contributed by atoms with Gasteiger partial charge in [0.25, 0.3) is 0 Å². The summed E-state index contributed by atoms with van der Waals surface area (Å²) in [5, 5.41) is 0. The Labute approximate surface area is 439 Å². The lowest BCUT2D eigenvalue weighted by Gasteiger charge is -2.21. The molecule has 4 unspecified atom stereocenters. The molecule has 74 heavy (non-hydrogen) atoms. The Kier molecular flexibility index (Phi) is 19.7. The summed E-state index contributed by atoms with van der Waals surface area (Å²) in [4.78, 5) is 29.5. The van der Waals surface area contributed by atoms with E-state index in [0.717, 1.165) is 146 Å². The summed E-state index contributed by atoms with van der Waals surface area (Å²) in [6, 6.07) is 61.1. The summed E-state index contributed by atoms with van der Waals surface area (Å²) in [6.07, 6.45) is 11.9. The Morgan fingerprint density at radius 1 is 0.365 bits per heavy atom. The minimum atomic E-state index is -2.70. The molecule has 0 aliphatic carbocycles. The third kappa shape index (κ3) is 12.9. The summed E-state index contributed by atoms with van der Waals surface area (Å²) in [5.74, 6) is 0. The molecule has 2 heterocycles. The second kappa shape index (κ2) is 27.1. The van der Waals surface area contributed by atoms with Gasteiger partial charge in [0.05, 0.1) is 46.4 Å². The second-order valence-electron chi connectivity index (χ2n) is 19.5. The minimum absolute atomic E-state index is 0.00482. The molecule has 0 N–H and O–H groups in total. The number of nitrogens with zero attached hydrogens (tertiary/aromatic N) is 4. The van der Waals surface area contributed by atoms with Gasteiger partial charge in [-0.25, -0.2) is 9.59 Å². The zero-order valence-electron chi connectivity index (χ0n) is 43.9. The lowest BCUT2D eigenvalue weighted by atomic mass is 10.0. The van der Waals surface area contributed by atoms with Crippen LogP contribution in [0.3, 0.4) is 0 Å². The largest absolute Gasteiger partial charge is 0.334 e. The van der Waals surface area contributed by atoms with E-state index in [4.69, 9.17) is 9.05 Å². The van der Waals surface area contributed by atoms with Crippen LogP contribution >= 0.6 is 8.25 Å². The maximum Gasteiger partial charge on any atom is 0.334 e. The van der Waals surface area contributed by atoms with Crippen molar-refractivity contribution in [2.75, 3.05) is 0 Å². The first kappa shape index (κ1) is 53.8. The maximum absolute atomic E-state index is 14.8. The van der Waals surface area contributed by atoms with Gasteiger partial charge in [-0.3, -0.25) is 22.8 Å². The van der Waals surface area contributed by atoms with E-state index in [0.29, 0.717) is 0 Å². The third-order valence-electron chi connectivity index (χ3n) is 14.6. The molecule has 0 radical (unpaired) electrons. The Morgan fingerprint density at radius 2 is 0.649 bits per heavy atom. The SMILES string of the molecule is CCC(CCCCCC(CC)n1c(-c2ccccc2)c(-c2ccccc2)n(-c2ccccc2)c1=O)O[PH](=O)OC(CC)CCCCCC(CC)n1c(-c2ccccc2)c(-c2ccccc2)n(-c2ccccc2)c1=O. The fourth-order valence-electron chi connectivity index (χ4n) is 10.7. The molecule has 8 rings (SSSR count). The van der Waals surface area contributed by atoms with Crippen LogP contribution in [0, 0.1) is 0 Å². The van der Waals surface area contributed by atoms with Crippen LogP contribution in [0.4, 0.5) is 0 Å². The van der Waals surface area contributed by atoms with Crippen LogP contribution in [0.25, 0.3) is 56.4 Å². The molecule has 0 aliphatic rings. The average molecular weight is 1010 g/mol. The molecule has 6 aromatic carbocycles. The molecule has 0 spiro atoms. The van der Waals surface area contributed by atoms with Gasteiger partial charge in [0.15, 0.2) is 0 Å². The number of aromatic nitrogens is 4. The van der Waals surface area contributed by atoms with Gasteiger partial charge in [0, 0.05) is 34.3 Å². The number of rotatable bonds is 28. The second-order valence-corrected chi connectivity index (χ2v) is 20.4. The van der Waals surface area contributed by atoms with E-state index in [1.54, 1.807) is 0 Å². The van der Waals surface area contributed by atoms with E-state index >= 15 is 0 Å². The first-order valence-electron chi connectivity index (χ1n) is 27.3. The summed E-state index contributed by atoms with van der Waals surface area (Å²) < 4.78 is 33.6. The molecule has 9 nitrogen and oxygen atoms in total. The minimum Gasteiger partial charge on any atom is -0.307 e. The summed E-state index contributed by atoms with van der Waals surface area (Å²) >= 11 is 0. The number of hydrogen-bond donors (Lipinski definition) is 0. The smallest absolute Gasteiger partial charge is 0.307 e. The van der Waals surface area contributed by atoms with Crippen LogP contribution < -0.4 is 11.4 Å². The quantitative estimate of drug-likeness (QED) is 0.0360. The van der Waals surface area contributed by atoms with Crippen molar-refractivity contribution in [3.05, 3.63) is 203 Å². The summed E-state index contributed by atoms with van der Waals surface area (Å²) in [6.45, 7) is 8.53. The number of hydrogen-bond acceptors (Lipinski definition) is 5. The molecule has 0 saturated heterocycles. The van der Waals surface area contributed by atoms with Crippen molar-refractivity contribution in [3.8, 4) is 56.4 Å². The normalized spacial score (nSPS) is 13.6. The third-order valence-corrected chi connectivity index (χ3v) is 15.7. The topological polar surface area (TPSA) is 89.4 Å². The molecule has 8 aromatic rings. The number of unbranched alkanes of at least 4 members (excludes halogenated alkanes) is 4. The van der Waals surface area contributed by atoms with E-state index in [1.807, 2.05) is 143 Å². The Morgan fingerprint density at radius 3 is 0.946 bits per heavy atom. The van der Waals surface area contributed by atoms with Gasteiger partial charge >= 0.3 is 19.6 Å². The summed E-state index contributed by atoms with van der Waals surface area (Å²) in [5.41, 5.74) is 9.36.